The van der Waals surface area contributed by atoms with E-state index in [1.54, 1.807) is 30.0 Å². The summed E-state index contributed by atoms with van der Waals surface area (Å²) in [6.45, 7) is 7.58. The predicted molar refractivity (Wildman–Crippen MR) is 130 cm³/mol. The zero-order chi connectivity index (χ0) is 24.0. The first-order valence-electron chi connectivity index (χ1n) is 11.1. The van der Waals surface area contributed by atoms with Crippen LogP contribution in [0.15, 0.2) is 36.4 Å². The van der Waals surface area contributed by atoms with Crippen molar-refractivity contribution in [2.45, 2.75) is 46.2 Å². The zero-order valence-corrected chi connectivity index (χ0v) is 20.7. The van der Waals surface area contributed by atoms with Crippen molar-refractivity contribution >= 4 is 35.0 Å². The van der Waals surface area contributed by atoms with Crippen LogP contribution in [0.25, 0.3) is 0 Å². The smallest absolute Gasteiger partial charge is 0.242 e. The molecule has 0 bridgehead atoms. The fraction of sp³-hybridized carbons (Fsp3) is 0.440. The van der Waals surface area contributed by atoms with Gasteiger partial charge in [-0.3, -0.25) is 9.59 Å². The molecule has 2 aromatic carbocycles. The van der Waals surface area contributed by atoms with Crippen LogP contribution in [0.4, 0.5) is 0 Å². The van der Waals surface area contributed by atoms with Gasteiger partial charge in [-0.1, -0.05) is 49.2 Å². The van der Waals surface area contributed by atoms with Gasteiger partial charge in [-0.25, -0.2) is 0 Å². The highest BCUT2D eigenvalue weighted by Gasteiger charge is 2.26. The number of amides is 2. The van der Waals surface area contributed by atoms with Gasteiger partial charge in [-0.15, -0.1) is 0 Å². The molecule has 1 heterocycles. The number of nitrogens with zero attached hydrogens (tertiary/aromatic N) is 1. The van der Waals surface area contributed by atoms with E-state index in [1.165, 1.54) is 0 Å². The molecule has 2 amide bonds. The van der Waals surface area contributed by atoms with Crippen molar-refractivity contribution in [3.63, 3.8) is 0 Å². The molecule has 0 aliphatic carbocycles. The van der Waals surface area contributed by atoms with Gasteiger partial charge in [0.2, 0.25) is 11.8 Å². The van der Waals surface area contributed by atoms with Crippen LogP contribution >= 0.6 is 23.2 Å². The number of carbonyl (C=O) groups excluding carboxylic acids is 2. The first kappa shape index (κ1) is 25.2. The molecule has 1 N–H and O–H groups in total. The van der Waals surface area contributed by atoms with Gasteiger partial charge in [-0.2, -0.15) is 0 Å². The van der Waals surface area contributed by atoms with Crippen molar-refractivity contribution in [2.24, 2.45) is 5.92 Å². The second-order valence-electron chi connectivity index (χ2n) is 8.55. The summed E-state index contributed by atoms with van der Waals surface area (Å²) in [4.78, 5) is 27.6. The Morgan fingerprint density at radius 1 is 1.03 bits per heavy atom. The molecule has 0 radical (unpaired) electrons. The van der Waals surface area contributed by atoms with Gasteiger partial charge in [0, 0.05) is 29.6 Å². The minimum atomic E-state index is -0.650. The van der Waals surface area contributed by atoms with Crippen LogP contribution < -0.4 is 14.8 Å². The first-order valence-corrected chi connectivity index (χ1v) is 11.9. The van der Waals surface area contributed by atoms with Gasteiger partial charge in [-0.05, 0) is 54.7 Å². The van der Waals surface area contributed by atoms with E-state index in [-0.39, 0.29) is 24.8 Å². The van der Waals surface area contributed by atoms with E-state index >= 15 is 0 Å². The van der Waals surface area contributed by atoms with Crippen molar-refractivity contribution in [2.75, 3.05) is 19.8 Å². The molecule has 1 aliphatic rings. The lowest BCUT2D eigenvalue weighted by molar-refractivity contribution is -0.140. The molecule has 2 aromatic rings. The minimum absolute atomic E-state index is 0.136. The van der Waals surface area contributed by atoms with Crippen LogP contribution in [0.1, 0.15) is 38.3 Å². The summed E-state index contributed by atoms with van der Waals surface area (Å²) in [6, 6.07) is 10.2. The second kappa shape index (κ2) is 11.6. The van der Waals surface area contributed by atoms with E-state index in [0.717, 1.165) is 11.1 Å². The van der Waals surface area contributed by atoms with Crippen molar-refractivity contribution in [3.8, 4) is 11.5 Å². The third-order valence-electron chi connectivity index (χ3n) is 5.44. The number of aryl methyl sites for hydroxylation is 1. The summed E-state index contributed by atoms with van der Waals surface area (Å²) in [5.74, 6) is 1.39. The summed E-state index contributed by atoms with van der Waals surface area (Å²) in [7, 11) is 0. The van der Waals surface area contributed by atoms with Crippen LogP contribution in [0.2, 0.25) is 10.0 Å². The zero-order valence-electron chi connectivity index (χ0n) is 19.2. The Balaban J connectivity index is 1.73. The number of fused-ring (bicyclic) bond motifs is 1. The number of ether oxygens (including phenoxy) is 2. The molecule has 1 atom stereocenters. The Kier molecular flexibility index (Phi) is 8.87. The maximum atomic E-state index is 13.3. The molecule has 0 fully saturated rings. The number of rotatable bonds is 9. The lowest BCUT2D eigenvalue weighted by Gasteiger charge is -2.29. The number of benzene rings is 2. The van der Waals surface area contributed by atoms with E-state index in [0.29, 0.717) is 53.6 Å². The van der Waals surface area contributed by atoms with Crippen molar-refractivity contribution in [3.05, 3.63) is 57.6 Å². The van der Waals surface area contributed by atoms with E-state index in [9.17, 15) is 9.59 Å². The summed E-state index contributed by atoms with van der Waals surface area (Å²) in [6.07, 6.45) is 0.757. The number of hydrogen-bond acceptors (Lipinski definition) is 4. The molecular weight excluding hydrogens is 463 g/mol. The monoisotopic (exact) mass is 492 g/mol. The molecule has 0 saturated heterocycles. The average molecular weight is 493 g/mol. The van der Waals surface area contributed by atoms with Crippen LogP contribution in [0.5, 0.6) is 11.5 Å². The second-order valence-corrected chi connectivity index (χ2v) is 9.39. The van der Waals surface area contributed by atoms with E-state index < -0.39 is 6.04 Å². The highest BCUT2D eigenvalue weighted by atomic mass is 35.5. The van der Waals surface area contributed by atoms with Gasteiger partial charge in [0.25, 0.3) is 0 Å². The Hall–Kier alpha value is -2.44. The number of carbonyl (C=O) groups is 2. The Morgan fingerprint density at radius 3 is 2.45 bits per heavy atom. The Labute approximate surface area is 205 Å². The van der Waals surface area contributed by atoms with Gasteiger partial charge in [0.1, 0.15) is 19.3 Å². The Morgan fingerprint density at radius 2 is 1.76 bits per heavy atom. The van der Waals surface area contributed by atoms with E-state index in [2.05, 4.69) is 5.32 Å². The molecule has 3 rings (SSSR count). The third kappa shape index (κ3) is 7.02. The molecule has 178 valence electrons. The maximum absolute atomic E-state index is 13.3. The van der Waals surface area contributed by atoms with Gasteiger partial charge in [0.05, 0.1) is 0 Å². The quantitative estimate of drug-likeness (QED) is 0.541. The number of halogens is 2. The highest BCUT2D eigenvalue weighted by Crippen LogP contribution is 2.31. The van der Waals surface area contributed by atoms with Gasteiger partial charge < -0.3 is 19.7 Å². The lowest BCUT2D eigenvalue weighted by atomic mass is 10.1. The molecule has 0 spiro atoms. The summed E-state index contributed by atoms with van der Waals surface area (Å²) < 4.78 is 11.2. The predicted octanol–water partition coefficient (Wildman–Crippen LogP) is 4.89. The van der Waals surface area contributed by atoms with Gasteiger partial charge in [0.15, 0.2) is 11.5 Å². The highest BCUT2D eigenvalue weighted by molar-refractivity contribution is 6.35. The molecule has 8 heteroatoms. The van der Waals surface area contributed by atoms with Crippen LogP contribution in [0, 0.1) is 5.92 Å². The first-order chi connectivity index (χ1) is 15.7. The summed E-state index contributed by atoms with van der Waals surface area (Å²) in [5, 5.41) is 3.89. The summed E-state index contributed by atoms with van der Waals surface area (Å²) in [5.41, 5.74) is 1.70. The molecule has 0 aromatic heterocycles. The van der Waals surface area contributed by atoms with Gasteiger partial charge >= 0.3 is 0 Å². The normalized spacial score (nSPS) is 13.5. The fourth-order valence-electron chi connectivity index (χ4n) is 3.51. The molecule has 33 heavy (non-hydrogen) atoms. The van der Waals surface area contributed by atoms with Crippen molar-refractivity contribution in [1.29, 1.82) is 0 Å². The lowest BCUT2D eigenvalue weighted by Crippen LogP contribution is -2.48. The molecule has 0 unspecified atom stereocenters. The molecule has 6 nitrogen and oxygen atoms in total. The topological polar surface area (TPSA) is 67.9 Å². The SMILES string of the molecule is CC(C)CNC(=O)[C@H](C)N(Cc1ccc(Cl)cc1Cl)C(=O)CCc1ccc2c(c1)OCCO2. The standard InChI is InChI=1S/C25H30Cl2N2O4/c1-16(2)14-28-25(31)17(3)29(15-19-6-7-20(26)13-21(19)27)24(30)9-5-18-4-8-22-23(12-18)33-11-10-32-22/h4,6-8,12-13,16-17H,5,9-11,14-15H2,1-3H3,(H,28,31)/t17-/m0/s1. The fourth-order valence-corrected chi connectivity index (χ4v) is 3.97. The maximum Gasteiger partial charge on any atom is 0.242 e. The number of nitrogens with one attached hydrogen (secondary N) is 1. The minimum Gasteiger partial charge on any atom is -0.486 e. The van der Waals surface area contributed by atoms with Crippen LogP contribution in [-0.2, 0) is 22.6 Å². The molecule has 1 aliphatic heterocycles. The Bertz CT molecular complexity index is 996. The average Bonchev–Trinajstić information content (AvgIpc) is 2.80. The number of hydrogen-bond donors (Lipinski definition) is 1. The van der Waals surface area contributed by atoms with Crippen LogP contribution in [-0.4, -0.2) is 42.5 Å². The molecule has 0 saturated carbocycles. The van der Waals surface area contributed by atoms with Crippen molar-refractivity contribution in [1.82, 2.24) is 10.2 Å². The van der Waals surface area contributed by atoms with E-state index in [1.807, 2.05) is 32.0 Å². The third-order valence-corrected chi connectivity index (χ3v) is 6.03. The summed E-state index contributed by atoms with van der Waals surface area (Å²) >= 11 is 12.4. The van der Waals surface area contributed by atoms with Crippen LogP contribution in [0.3, 0.4) is 0 Å². The van der Waals surface area contributed by atoms with E-state index in [4.69, 9.17) is 32.7 Å². The largest absolute Gasteiger partial charge is 0.486 e. The molecular formula is C25H30Cl2N2O4. The van der Waals surface area contributed by atoms with Crippen molar-refractivity contribution < 1.29 is 19.1 Å².